The maximum atomic E-state index is 6.17. The van der Waals surface area contributed by atoms with Gasteiger partial charge in [-0.05, 0) is 61.7 Å². The summed E-state index contributed by atoms with van der Waals surface area (Å²) in [6, 6.07) is 24.1. The van der Waals surface area contributed by atoms with Crippen LogP contribution in [0.15, 0.2) is 85.5 Å². The average Bonchev–Trinajstić information content (AvgIpc) is 3.22. The smallest absolute Gasteiger partial charge is 0.161 e. The van der Waals surface area contributed by atoms with Crippen molar-refractivity contribution in [3.8, 4) is 17.2 Å². The number of rotatable bonds is 11. The Morgan fingerprint density at radius 2 is 1.79 bits per heavy atom. The molecule has 4 rings (SSSR count). The SMILES string of the molecule is C=CCc1ccc(OCCCn2c(C(C)Oc3ccccc3)nc3ccccc32)c(OC)c1. The van der Waals surface area contributed by atoms with E-state index in [-0.39, 0.29) is 6.10 Å². The first-order valence-corrected chi connectivity index (χ1v) is 11.3. The largest absolute Gasteiger partial charge is 0.493 e. The van der Waals surface area contributed by atoms with Gasteiger partial charge in [0.2, 0.25) is 0 Å². The molecule has 0 aliphatic heterocycles. The van der Waals surface area contributed by atoms with Crippen LogP contribution in [0.3, 0.4) is 0 Å². The number of fused-ring (bicyclic) bond motifs is 1. The summed E-state index contributed by atoms with van der Waals surface area (Å²) >= 11 is 0. The van der Waals surface area contributed by atoms with E-state index in [0.717, 1.165) is 59.1 Å². The van der Waals surface area contributed by atoms with E-state index in [4.69, 9.17) is 19.2 Å². The lowest BCUT2D eigenvalue weighted by Crippen LogP contribution is -2.13. The maximum absolute atomic E-state index is 6.17. The molecule has 0 spiro atoms. The molecule has 3 aromatic carbocycles. The van der Waals surface area contributed by atoms with Crippen molar-refractivity contribution in [2.45, 2.75) is 32.4 Å². The minimum atomic E-state index is -0.182. The number of para-hydroxylation sites is 3. The zero-order chi connectivity index (χ0) is 23.0. The molecule has 0 bridgehead atoms. The average molecular weight is 443 g/mol. The van der Waals surface area contributed by atoms with Gasteiger partial charge in [-0.3, -0.25) is 0 Å². The number of nitrogens with zero attached hydrogens (tertiary/aromatic N) is 2. The fraction of sp³-hybridized carbons (Fsp3) is 0.250. The van der Waals surface area contributed by atoms with Gasteiger partial charge >= 0.3 is 0 Å². The first-order valence-electron chi connectivity index (χ1n) is 11.3. The van der Waals surface area contributed by atoms with Gasteiger partial charge in [0.15, 0.2) is 23.4 Å². The van der Waals surface area contributed by atoms with Gasteiger partial charge < -0.3 is 18.8 Å². The van der Waals surface area contributed by atoms with Gasteiger partial charge in [0.1, 0.15) is 5.75 Å². The molecule has 0 aliphatic carbocycles. The van der Waals surface area contributed by atoms with Crippen molar-refractivity contribution in [2.24, 2.45) is 0 Å². The molecule has 0 aliphatic rings. The molecule has 0 radical (unpaired) electrons. The maximum Gasteiger partial charge on any atom is 0.161 e. The molecule has 1 atom stereocenters. The Labute approximate surface area is 195 Å². The van der Waals surface area contributed by atoms with Crippen LogP contribution in [-0.2, 0) is 13.0 Å². The lowest BCUT2D eigenvalue weighted by atomic mass is 10.1. The lowest BCUT2D eigenvalue weighted by Gasteiger charge is -2.17. The van der Waals surface area contributed by atoms with Crippen molar-refractivity contribution in [1.82, 2.24) is 9.55 Å². The van der Waals surface area contributed by atoms with Gasteiger partial charge in [0.25, 0.3) is 0 Å². The zero-order valence-corrected chi connectivity index (χ0v) is 19.2. The molecule has 0 N–H and O–H groups in total. The molecule has 5 heteroatoms. The van der Waals surface area contributed by atoms with Gasteiger partial charge in [0.05, 0.1) is 24.8 Å². The number of aromatic nitrogens is 2. The quantitative estimate of drug-likeness (QED) is 0.200. The Morgan fingerprint density at radius 1 is 1.00 bits per heavy atom. The van der Waals surface area contributed by atoms with Crippen molar-refractivity contribution in [1.29, 1.82) is 0 Å². The van der Waals surface area contributed by atoms with Gasteiger partial charge in [0, 0.05) is 6.54 Å². The molecule has 170 valence electrons. The Bertz CT molecular complexity index is 1200. The highest BCUT2D eigenvalue weighted by molar-refractivity contribution is 5.76. The summed E-state index contributed by atoms with van der Waals surface area (Å²) in [6.07, 6.45) is 3.32. The highest BCUT2D eigenvalue weighted by Crippen LogP contribution is 2.29. The van der Waals surface area contributed by atoms with Gasteiger partial charge in [-0.15, -0.1) is 6.58 Å². The second-order valence-electron chi connectivity index (χ2n) is 7.86. The highest BCUT2D eigenvalue weighted by Gasteiger charge is 2.18. The minimum Gasteiger partial charge on any atom is -0.493 e. The van der Waals surface area contributed by atoms with Crippen molar-refractivity contribution < 1.29 is 14.2 Å². The predicted molar refractivity (Wildman–Crippen MR) is 132 cm³/mol. The van der Waals surface area contributed by atoms with Crippen LogP contribution in [0.2, 0.25) is 0 Å². The van der Waals surface area contributed by atoms with Crippen LogP contribution < -0.4 is 14.2 Å². The number of imidazole rings is 1. The van der Waals surface area contributed by atoms with E-state index in [1.807, 2.05) is 79.7 Å². The molecule has 0 amide bonds. The first-order chi connectivity index (χ1) is 16.2. The molecule has 4 aromatic rings. The first kappa shape index (κ1) is 22.5. The molecule has 0 saturated heterocycles. The van der Waals surface area contributed by atoms with Crippen LogP contribution in [0.5, 0.6) is 17.2 Å². The summed E-state index contributed by atoms with van der Waals surface area (Å²) in [5, 5.41) is 0. The third kappa shape index (κ3) is 5.37. The zero-order valence-electron chi connectivity index (χ0n) is 19.2. The van der Waals surface area contributed by atoms with Gasteiger partial charge in [-0.25, -0.2) is 4.98 Å². The van der Waals surface area contributed by atoms with Crippen LogP contribution >= 0.6 is 0 Å². The summed E-state index contributed by atoms with van der Waals surface area (Å²) in [4.78, 5) is 4.87. The summed E-state index contributed by atoms with van der Waals surface area (Å²) in [6.45, 7) is 7.17. The van der Waals surface area contributed by atoms with E-state index in [1.165, 1.54) is 0 Å². The molecule has 1 unspecified atom stereocenters. The number of allylic oxidation sites excluding steroid dienone is 1. The van der Waals surface area contributed by atoms with Crippen LogP contribution in [0.4, 0.5) is 0 Å². The number of ether oxygens (including phenoxy) is 3. The van der Waals surface area contributed by atoms with E-state index in [0.29, 0.717) is 6.61 Å². The monoisotopic (exact) mass is 442 g/mol. The number of benzene rings is 3. The van der Waals surface area contributed by atoms with Gasteiger partial charge in [-0.1, -0.05) is 42.5 Å². The molecule has 0 saturated carbocycles. The third-order valence-corrected chi connectivity index (χ3v) is 5.50. The molecule has 5 nitrogen and oxygen atoms in total. The van der Waals surface area contributed by atoms with E-state index >= 15 is 0 Å². The Hall–Kier alpha value is -3.73. The van der Waals surface area contributed by atoms with E-state index in [9.17, 15) is 0 Å². The molecule has 0 fully saturated rings. The summed E-state index contributed by atoms with van der Waals surface area (Å²) < 4.78 is 20.0. The van der Waals surface area contributed by atoms with E-state index in [1.54, 1.807) is 7.11 Å². The highest BCUT2D eigenvalue weighted by atomic mass is 16.5. The van der Waals surface area contributed by atoms with Crippen molar-refractivity contribution in [3.05, 3.63) is 96.8 Å². The van der Waals surface area contributed by atoms with Crippen molar-refractivity contribution in [2.75, 3.05) is 13.7 Å². The number of aryl methyl sites for hydroxylation is 1. The summed E-state index contributed by atoms with van der Waals surface area (Å²) in [5.74, 6) is 3.24. The van der Waals surface area contributed by atoms with E-state index in [2.05, 4.69) is 17.2 Å². The number of hydrogen-bond donors (Lipinski definition) is 0. The van der Waals surface area contributed by atoms with Gasteiger partial charge in [-0.2, -0.15) is 0 Å². The molecular weight excluding hydrogens is 412 g/mol. The fourth-order valence-corrected chi connectivity index (χ4v) is 3.93. The molecular formula is C28H30N2O3. The van der Waals surface area contributed by atoms with Crippen molar-refractivity contribution in [3.63, 3.8) is 0 Å². The fourth-order valence-electron chi connectivity index (χ4n) is 3.93. The predicted octanol–water partition coefficient (Wildman–Crippen LogP) is 6.38. The second kappa shape index (κ2) is 10.7. The molecule has 1 heterocycles. The summed E-state index contributed by atoms with van der Waals surface area (Å²) in [5.41, 5.74) is 3.22. The normalized spacial score (nSPS) is 11.8. The van der Waals surface area contributed by atoms with Crippen LogP contribution in [0.1, 0.15) is 30.8 Å². The van der Waals surface area contributed by atoms with Crippen LogP contribution in [0, 0.1) is 0 Å². The topological polar surface area (TPSA) is 45.5 Å². The van der Waals surface area contributed by atoms with Crippen LogP contribution in [-0.4, -0.2) is 23.3 Å². The van der Waals surface area contributed by atoms with Crippen LogP contribution in [0.25, 0.3) is 11.0 Å². The third-order valence-electron chi connectivity index (χ3n) is 5.50. The van der Waals surface area contributed by atoms with E-state index < -0.39 is 0 Å². The molecule has 1 aromatic heterocycles. The number of hydrogen-bond acceptors (Lipinski definition) is 4. The standard InChI is InChI=1S/C28H30N2O3/c1-4-11-22-16-17-26(27(20-22)31-3)32-19-10-18-30-25-15-9-8-14-24(25)29-28(30)21(2)33-23-12-6-5-7-13-23/h4-9,12-17,20-21H,1,10-11,18-19H2,2-3H3. The van der Waals surface area contributed by atoms with Crippen molar-refractivity contribution >= 4 is 11.0 Å². The molecule has 33 heavy (non-hydrogen) atoms. The second-order valence-corrected chi connectivity index (χ2v) is 7.86. The Morgan fingerprint density at radius 3 is 2.58 bits per heavy atom. The Balaban J connectivity index is 1.46. The summed E-state index contributed by atoms with van der Waals surface area (Å²) in [7, 11) is 1.66. The number of methoxy groups -OCH3 is 1. The minimum absolute atomic E-state index is 0.182. The lowest BCUT2D eigenvalue weighted by molar-refractivity contribution is 0.209. The Kier molecular flexibility index (Phi) is 7.30.